The lowest BCUT2D eigenvalue weighted by Crippen LogP contribution is -2.74. The number of para-hydroxylation sites is 4. The molecule has 2 nitrogen and oxygen atoms in total. The van der Waals surface area contributed by atoms with Crippen molar-refractivity contribution in [3.05, 3.63) is 230 Å². The summed E-state index contributed by atoms with van der Waals surface area (Å²) in [7, 11) is -6.66. The molecule has 11 rings (SSSR count). The van der Waals surface area contributed by atoms with E-state index in [9.17, 15) is 24.7 Å². The third-order valence-electron chi connectivity index (χ3n) is 9.17. The fourth-order valence-electron chi connectivity index (χ4n) is 6.86. The highest BCUT2D eigenvalue weighted by Gasteiger charge is 2.41. The molecule has 0 bridgehead atoms. The van der Waals surface area contributed by atoms with Crippen molar-refractivity contribution in [3.63, 3.8) is 0 Å². The van der Waals surface area contributed by atoms with Crippen LogP contribution in [0.15, 0.2) is 230 Å². The summed E-state index contributed by atoms with van der Waals surface area (Å²) >= 11 is 0. The molecule has 0 spiro atoms. The highest BCUT2D eigenvalue weighted by atomic mass is 28.3. The van der Waals surface area contributed by atoms with Gasteiger partial charge in [0.1, 0.15) is 0 Å². The molecule has 0 saturated heterocycles. The van der Waals surface area contributed by atoms with Gasteiger partial charge in [-0.15, -0.1) is 0 Å². The van der Waals surface area contributed by atoms with Crippen molar-refractivity contribution in [1.82, 2.24) is 9.13 Å². The number of hydrogen-bond donors (Lipinski definition) is 0. The Balaban J connectivity index is 1.45. The number of aromatic nitrogens is 2. The monoisotopic (exact) mass is 781 g/mol. The molecule has 0 aliphatic rings. The van der Waals surface area contributed by atoms with Crippen LogP contribution in [0.1, 0.15) is 52.1 Å². The average molecular weight is 781 g/mol. The molecule has 0 N–H and O–H groups in total. The van der Waals surface area contributed by atoms with Crippen molar-refractivity contribution in [2.45, 2.75) is 0 Å². The molecule has 0 aliphatic carbocycles. The third-order valence-corrected chi connectivity index (χ3v) is 13.2. The molecule has 0 saturated carbocycles. The van der Waals surface area contributed by atoms with E-state index in [1.54, 1.807) is 0 Å². The van der Waals surface area contributed by atoms with Crippen molar-refractivity contribution >= 4 is 72.4 Å². The SMILES string of the molecule is [2H]c1c([2H])c([2H])c([Si](c2c([2H])c([2H])c([2H])c([2H])c2[2H])(c2c([2H])c([2H])c([2H])c([2H])c2[2H])c2c([2H])c([2H])c([2H])c(-c3c([2H])c([2H])c([2H])c([2H])c3-n3c4c([2H])c([2H])c([2H])c([2H])c4c4c([2H])c(-n5c6c([2H])c([2H])c([2H])c([2H])c6c6c([2H])c([2H])c([2H])c([2H])c65)c([2H])c([2H])c43)c2[2H])c([2H])c1[2H]. The van der Waals surface area contributed by atoms with Gasteiger partial charge in [0.05, 0.1) is 79.8 Å². The van der Waals surface area contributed by atoms with E-state index in [1.165, 1.54) is 0 Å². The first-order chi connectivity index (χ1) is 44.1. The maximum Gasteiger partial charge on any atom is 0.179 e. The van der Waals surface area contributed by atoms with Crippen LogP contribution >= 0.6 is 0 Å². The molecule has 2 aromatic heterocycles. The van der Waals surface area contributed by atoms with Gasteiger partial charge in [-0.1, -0.05) is 187 Å². The van der Waals surface area contributed by atoms with Crippen LogP contribution in [0.5, 0.6) is 0 Å². The predicted octanol–water partition coefficient (Wildman–Crippen LogP) is 10.9. The highest BCUT2D eigenvalue weighted by Crippen LogP contribution is 2.39. The quantitative estimate of drug-likeness (QED) is 0.113. The fourth-order valence-corrected chi connectivity index (χ4v) is 10.4. The van der Waals surface area contributed by atoms with Crippen molar-refractivity contribution in [2.24, 2.45) is 0 Å². The third kappa shape index (κ3) is 5.17. The zero-order valence-corrected chi connectivity index (χ0v) is 29.4. The summed E-state index contributed by atoms with van der Waals surface area (Å²) in [6.45, 7) is 0. The summed E-state index contributed by atoms with van der Waals surface area (Å²) in [4.78, 5) is 0. The first-order valence-corrected chi connectivity index (χ1v) is 18.6. The molecule has 0 atom stereocenters. The largest absolute Gasteiger partial charge is 0.309 e. The van der Waals surface area contributed by atoms with Gasteiger partial charge in [0, 0.05) is 32.8 Å². The van der Waals surface area contributed by atoms with E-state index >= 15 is 0 Å². The van der Waals surface area contributed by atoms with Crippen LogP contribution in [0, 0.1) is 0 Å². The summed E-state index contributed by atoms with van der Waals surface area (Å²) in [6, 6.07) is -46.3. The molecule has 0 amide bonds. The van der Waals surface area contributed by atoms with Crippen LogP contribution in [-0.2, 0) is 0 Å². The molecule has 57 heavy (non-hydrogen) atoms. The molecule has 3 heteroatoms. The predicted molar refractivity (Wildman–Crippen MR) is 244 cm³/mol. The maximum atomic E-state index is 10.5. The first kappa shape index (κ1) is 12.4. The lowest BCUT2D eigenvalue weighted by atomic mass is 10.0. The van der Waals surface area contributed by atoms with Gasteiger partial charge in [-0.3, -0.25) is 0 Å². The minimum Gasteiger partial charge on any atom is -0.309 e. The van der Waals surface area contributed by atoms with Crippen LogP contribution in [0.4, 0.5) is 0 Å². The Labute approximate surface area is 386 Å². The zero-order valence-electron chi connectivity index (χ0n) is 66.4. The van der Waals surface area contributed by atoms with E-state index in [2.05, 4.69) is 0 Å². The van der Waals surface area contributed by atoms with E-state index in [4.69, 9.17) is 27.4 Å². The van der Waals surface area contributed by atoms with Gasteiger partial charge in [-0.25, -0.2) is 0 Å². The van der Waals surface area contributed by atoms with Gasteiger partial charge >= 0.3 is 0 Å². The highest BCUT2D eigenvalue weighted by molar-refractivity contribution is 7.19. The standard InChI is InChI=1S/C54H38N2Si/c1-4-20-41(21-5-1)57(42-22-6-2-7-23-42,43-24-8-3-9-25-43)44-26-18-19-39(37-44)45-27-10-14-31-50(45)56-53-34-17-13-30-48(53)49-38-40(35-36-54(49)56)55-51-32-15-11-28-46(51)47-29-12-16-33-52(47)55/h1-38H/i1D,2D,3D,4D,5D,6D,7D,8D,9D,10D,11D,12D,13D,14D,15D,16D,17D,18D,19D,20D,21D,22D,23D,24D,25D,26D,27D,28D,29D,30D,31D,32D,33D,34D,35D,36D,37D,38D. The lowest BCUT2D eigenvalue weighted by molar-refractivity contribution is 1.17. The van der Waals surface area contributed by atoms with E-state index in [0.29, 0.717) is 9.13 Å². The normalized spacial score (nSPS) is 21.2. The molecule has 0 aliphatic heterocycles. The Morgan fingerprint density at radius 1 is 0.316 bits per heavy atom. The Kier molecular flexibility index (Phi) is 2.94. The zero-order chi connectivity index (χ0) is 70.8. The van der Waals surface area contributed by atoms with Crippen LogP contribution in [0.2, 0.25) is 0 Å². The van der Waals surface area contributed by atoms with Gasteiger partial charge in [0.2, 0.25) is 0 Å². The van der Waals surface area contributed by atoms with Crippen LogP contribution in [0.25, 0.3) is 66.1 Å². The fraction of sp³-hybridized carbons (Fsp3) is 0. The second-order valence-electron chi connectivity index (χ2n) is 12.0. The molecule has 0 unspecified atom stereocenters. The van der Waals surface area contributed by atoms with Crippen LogP contribution < -0.4 is 20.7 Å². The number of nitrogens with zero attached hydrogens (tertiary/aromatic N) is 2. The van der Waals surface area contributed by atoms with Crippen molar-refractivity contribution in [1.29, 1.82) is 0 Å². The van der Waals surface area contributed by atoms with Gasteiger partial charge in [0.25, 0.3) is 0 Å². The van der Waals surface area contributed by atoms with Crippen LogP contribution in [-0.4, -0.2) is 17.2 Å². The van der Waals surface area contributed by atoms with Gasteiger partial charge in [-0.2, -0.15) is 0 Å². The van der Waals surface area contributed by atoms with E-state index < -0.39 is 325 Å². The van der Waals surface area contributed by atoms with Crippen molar-refractivity contribution in [2.75, 3.05) is 0 Å². The number of fused-ring (bicyclic) bond motifs is 6. The van der Waals surface area contributed by atoms with Gasteiger partial charge < -0.3 is 9.13 Å². The molecule has 268 valence electrons. The topological polar surface area (TPSA) is 9.86 Å². The Bertz CT molecular complexity index is 5150. The van der Waals surface area contributed by atoms with Gasteiger partial charge in [0.15, 0.2) is 8.07 Å². The van der Waals surface area contributed by atoms with E-state index in [-0.39, 0.29) is 0 Å². The molecule has 11 aromatic rings. The summed E-state index contributed by atoms with van der Waals surface area (Å²) < 4.78 is 354. The minimum atomic E-state index is -6.66. The average Bonchev–Trinajstić information content (AvgIpc) is 1.13. The Morgan fingerprint density at radius 3 is 1.33 bits per heavy atom. The molecule has 0 fully saturated rings. The maximum absolute atomic E-state index is 10.5. The Hall–Kier alpha value is -7.20. The number of hydrogen-bond acceptors (Lipinski definition) is 0. The summed E-state index contributed by atoms with van der Waals surface area (Å²) in [5.74, 6) is 0. The van der Waals surface area contributed by atoms with Crippen molar-refractivity contribution < 1.29 is 52.1 Å². The molecule has 0 radical (unpaired) electrons. The molecule has 9 aromatic carbocycles. The number of rotatable bonds is 7. The second kappa shape index (κ2) is 13.5. The van der Waals surface area contributed by atoms with Crippen LogP contribution in [0.3, 0.4) is 0 Å². The van der Waals surface area contributed by atoms with Crippen molar-refractivity contribution in [3.8, 4) is 22.5 Å². The molecular weight excluding hydrogens is 705 g/mol. The van der Waals surface area contributed by atoms with Gasteiger partial charge in [-0.05, 0) is 68.6 Å². The summed E-state index contributed by atoms with van der Waals surface area (Å²) in [5, 5.41) is -8.06. The Morgan fingerprint density at radius 2 is 0.754 bits per heavy atom. The smallest absolute Gasteiger partial charge is 0.179 e. The summed E-state index contributed by atoms with van der Waals surface area (Å²) in [5.41, 5.74) is -8.02. The summed E-state index contributed by atoms with van der Waals surface area (Å²) in [6.07, 6.45) is 0. The number of benzene rings is 9. The van der Waals surface area contributed by atoms with E-state index in [1.807, 2.05) is 0 Å². The minimum absolute atomic E-state index is 0.504. The molecular formula is C54H38N2Si. The second-order valence-corrected chi connectivity index (χ2v) is 15.5. The first-order valence-electron chi connectivity index (χ1n) is 35.6. The van der Waals surface area contributed by atoms with E-state index in [0.717, 1.165) is 0 Å². The molecule has 2 heterocycles. The lowest BCUT2D eigenvalue weighted by Gasteiger charge is -2.34.